The van der Waals surface area contributed by atoms with Gasteiger partial charge in [-0.05, 0) is 37.0 Å². The molecule has 0 saturated carbocycles. The molecule has 19 heavy (non-hydrogen) atoms. The third kappa shape index (κ3) is 4.27. The molecule has 0 heterocycles. The van der Waals surface area contributed by atoms with E-state index >= 15 is 0 Å². The van der Waals surface area contributed by atoms with Gasteiger partial charge >= 0.3 is 0 Å². The molecule has 0 fully saturated rings. The van der Waals surface area contributed by atoms with Crippen molar-refractivity contribution in [1.29, 1.82) is 0 Å². The topological polar surface area (TPSA) is 52.5 Å². The summed E-state index contributed by atoms with van der Waals surface area (Å²) in [7, 11) is 0. The minimum Gasteiger partial charge on any atom is -0.395 e. The highest BCUT2D eigenvalue weighted by Crippen LogP contribution is 2.21. The fraction of sp³-hybridized carbons (Fsp3) is 0.600. The second kappa shape index (κ2) is 7.58. The Morgan fingerprint density at radius 3 is 2.42 bits per heavy atom. The molecule has 0 amide bonds. The second-order valence-electron chi connectivity index (χ2n) is 4.92. The number of hydrogen-bond acceptors (Lipinski definition) is 3. The van der Waals surface area contributed by atoms with E-state index < -0.39 is 6.10 Å². The zero-order valence-corrected chi connectivity index (χ0v) is 11.9. The first-order chi connectivity index (χ1) is 9.03. The first kappa shape index (κ1) is 16.1. The van der Waals surface area contributed by atoms with Crippen molar-refractivity contribution in [2.45, 2.75) is 51.8 Å². The molecule has 0 radical (unpaired) electrons. The van der Waals surface area contributed by atoms with Crippen LogP contribution in [-0.2, 0) is 0 Å². The van der Waals surface area contributed by atoms with Crippen LogP contribution in [0.1, 0.15) is 43.9 Å². The summed E-state index contributed by atoms with van der Waals surface area (Å²) in [4.78, 5) is 0. The van der Waals surface area contributed by atoms with Crippen LogP contribution in [0.2, 0.25) is 0 Å². The van der Waals surface area contributed by atoms with Crippen LogP contribution < -0.4 is 5.32 Å². The van der Waals surface area contributed by atoms with Crippen molar-refractivity contribution in [2.24, 2.45) is 0 Å². The molecule has 0 bridgehead atoms. The number of hydrogen-bond donors (Lipinski definition) is 3. The third-order valence-electron chi connectivity index (χ3n) is 3.51. The van der Waals surface area contributed by atoms with Crippen LogP contribution in [0.4, 0.5) is 4.39 Å². The Morgan fingerprint density at radius 1 is 1.26 bits per heavy atom. The van der Waals surface area contributed by atoms with E-state index in [1.165, 1.54) is 6.07 Å². The van der Waals surface area contributed by atoms with E-state index in [0.29, 0.717) is 11.1 Å². The van der Waals surface area contributed by atoms with Gasteiger partial charge in [0, 0.05) is 12.1 Å². The monoisotopic (exact) mass is 269 g/mol. The van der Waals surface area contributed by atoms with Gasteiger partial charge in [0.15, 0.2) is 0 Å². The predicted molar refractivity (Wildman–Crippen MR) is 74.5 cm³/mol. The molecule has 1 rings (SSSR count). The van der Waals surface area contributed by atoms with Gasteiger partial charge in [0.25, 0.3) is 0 Å². The highest BCUT2D eigenvalue weighted by Gasteiger charge is 2.22. The highest BCUT2D eigenvalue weighted by molar-refractivity contribution is 5.26. The molecule has 3 atom stereocenters. The van der Waals surface area contributed by atoms with Crippen molar-refractivity contribution >= 4 is 0 Å². The normalized spacial score (nSPS) is 16.1. The zero-order valence-electron chi connectivity index (χ0n) is 11.9. The molecule has 3 N–H and O–H groups in total. The van der Waals surface area contributed by atoms with Crippen LogP contribution >= 0.6 is 0 Å². The fourth-order valence-electron chi connectivity index (χ4n) is 2.12. The number of rotatable bonds is 7. The Hall–Kier alpha value is -0.970. The van der Waals surface area contributed by atoms with Crippen molar-refractivity contribution in [2.75, 3.05) is 6.61 Å². The van der Waals surface area contributed by atoms with Gasteiger partial charge in [-0.15, -0.1) is 0 Å². The molecule has 1 aromatic rings. The minimum absolute atomic E-state index is 0.0267. The molecule has 0 spiro atoms. The van der Waals surface area contributed by atoms with E-state index in [2.05, 4.69) is 5.32 Å². The van der Waals surface area contributed by atoms with Crippen LogP contribution in [0.5, 0.6) is 0 Å². The Kier molecular flexibility index (Phi) is 6.42. The predicted octanol–water partition coefficient (Wildman–Crippen LogP) is 2.31. The molecular weight excluding hydrogens is 245 g/mol. The Labute approximate surface area is 114 Å². The van der Waals surface area contributed by atoms with Gasteiger partial charge in [0.05, 0.1) is 12.7 Å². The number of aliphatic hydroxyl groups is 2. The summed E-state index contributed by atoms with van der Waals surface area (Å²) in [5, 5.41) is 22.8. The first-order valence-corrected chi connectivity index (χ1v) is 6.84. The first-order valence-electron chi connectivity index (χ1n) is 6.84. The average molecular weight is 269 g/mol. The molecule has 0 saturated heterocycles. The smallest absolute Gasteiger partial charge is 0.126 e. The van der Waals surface area contributed by atoms with Crippen molar-refractivity contribution in [3.05, 3.63) is 35.1 Å². The Bertz CT molecular complexity index is 394. The summed E-state index contributed by atoms with van der Waals surface area (Å²) < 4.78 is 13.2. The van der Waals surface area contributed by atoms with Crippen molar-refractivity contribution in [3.63, 3.8) is 0 Å². The summed E-state index contributed by atoms with van der Waals surface area (Å²) in [5.41, 5.74) is 1.23. The van der Waals surface area contributed by atoms with E-state index in [9.17, 15) is 14.6 Å². The lowest BCUT2D eigenvalue weighted by Gasteiger charge is -2.27. The van der Waals surface area contributed by atoms with Crippen LogP contribution in [0.15, 0.2) is 18.2 Å². The molecule has 108 valence electrons. The van der Waals surface area contributed by atoms with Gasteiger partial charge in [-0.1, -0.05) is 26.0 Å². The van der Waals surface area contributed by atoms with Crippen LogP contribution in [0, 0.1) is 12.7 Å². The third-order valence-corrected chi connectivity index (χ3v) is 3.51. The zero-order chi connectivity index (χ0) is 14.4. The second-order valence-corrected chi connectivity index (χ2v) is 4.92. The molecule has 0 aromatic heterocycles. The van der Waals surface area contributed by atoms with Gasteiger partial charge in [-0.3, -0.25) is 0 Å². The Balaban J connectivity index is 2.82. The van der Waals surface area contributed by atoms with Crippen LogP contribution in [0.25, 0.3) is 0 Å². The summed E-state index contributed by atoms with van der Waals surface area (Å²) in [6, 6.07) is 4.48. The maximum absolute atomic E-state index is 13.2. The fourth-order valence-corrected chi connectivity index (χ4v) is 2.12. The number of halogens is 1. The average Bonchev–Trinajstić information content (AvgIpc) is 2.42. The van der Waals surface area contributed by atoms with E-state index in [1.54, 1.807) is 19.1 Å². The quantitative estimate of drug-likeness (QED) is 0.712. The van der Waals surface area contributed by atoms with Crippen molar-refractivity contribution in [3.8, 4) is 0 Å². The lowest BCUT2D eigenvalue weighted by molar-refractivity contribution is 0.108. The molecular formula is C15H24FNO2. The van der Waals surface area contributed by atoms with Gasteiger partial charge < -0.3 is 15.5 Å². The summed E-state index contributed by atoms with van der Waals surface area (Å²) >= 11 is 0. The lowest BCUT2D eigenvalue weighted by Crippen LogP contribution is -2.43. The lowest BCUT2D eigenvalue weighted by atomic mass is 9.97. The Morgan fingerprint density at radius 2 is 1.95 bits per heavy atom. The van der Waals surface area contributed by atoms with Gasteiger partial charge in [0.1, 0.15) is 5.82 Å². The molecule has 0 aliphatic rings. The number of aliphatic hydroxyl groups excluding tert-OH is 2. The molecule has 0 aliphatic heterocycles. The largest absolute Gasteiger partial charge is 0.395 e. The maximum atomic E-state index is 13.2. The molecule has 0 aliphatic carbocycles. The van der Waals surface area contributed by atoms with Crippen LogP contribution in [0.3, 0.4) is 0 Å². The maximum Gasteiger partial charge on any atom is 0.126 e. The number of aryl methyl sites for hydroxylation is 1. The minimum atomic E-state index is -0.704. The highest BCUT2D eigenvalue weighted by atomic mass is 19.1. The van der Waals surface area contributed by atoms with E-state index in [4.69, 9.17) is 0 Å². The van der Waals surface area contributed by atoms with Crippen molar-refractivity contribution < 1.29 is 14.6 Å². The van der Waals surface area contributed by atoms with E-state index in [0.717, 1.165) is 12.8 Å². The molecule has 3 unspecified atom stereocenters. The summed E-state index contributed by atoms with van der Waals surface area (Å²) in [6.45, 7) is 5.68. The standard InChI is InChI=1S/C15H24FNO2/c1-4-12(9-18)17-14(5-2)15(19)11-6-7-13(16)10(3)8-11/h6-8,12,14-15,17-19H,4-5,9H2,1-3H3. The van der Waals surface area contributed by atoms with Crippen LogP contribution in [-0.4, -0.2) is 28.9 Å². The molecule has 4 heteroatoms. The number of nitrogens with one attached hydrogen (secondary N) is 1. The van der Waals surface area contributed by atoms with Gasteiger partial charge in [-0.25, -0.2) is 4.39 Å². The SMILES string of the molecule is CCC(CO)NC(CC)C(O)c1ccc(F)c(C)c1. The van der Waals surface area contributed by atoms with Crippen molar-refractivity contribution in [1.82, 2.24) is 5.32 Å². The summed E-state index contributed by atoms with van der Waals surface area (Å²) in [5.74, 6) is -0.265. The molecule has 3 nitrogen and oxygen atoms in total. The molecule has 1 aromatic carbocycles. The summed E-state index contributed by atoms with van der Waals surface area (Å²) in [6.07, 6.45) is 0.820. The van der Waals surface area contributed by atoms with E-state index in [-0.39, 0.29) is 24.5 Å². The van der Waals surface area contributed by atoms with E-state index in [1.807, 2.05) is 13.8 Å². The van der Waals surface area contributed by atoms with Gasteiger partial charge in [-0.2, -0.15) is 0 Å². The number of benzene rings is 1. The van der Waals surface area contributed by atoms with Gasteiger partial charge in [0.2, 0.25) is 0 Å².